The van der Waals surface area contributed by atoms with Crippen LogP contribution in [0.25, 0.3) is 0 Å². The summed E-state index contributed by atoms with van der Waals surface area (Å²) in [6, 6.07) is 0. The fourth-order valence-electron chi connectivity index (χ4n) is 4.16. The molecule has 0 radical (unpaired) electrons. The quantitative estimate of drug-likeness (QED) is 0.0579. The standard InChI is InChI=1S/2C18H33NO2.Ca/c2*1-3-5-7-9-11-13-15-19(17-18(20)21)16-14-12-10-8-6-4-2;/h2*9-12H,3-8,13-17H2,1-2H3,(H,20,21);/q;;+2/p-2/b2*11-9+,12-10+;. The fraction of sp³-hybridized carbons (Fsp3) is 0.722. The molecule has 0 aromatic rings. The Hall–Kier alpha value is -0.920. The van der Waals surface area contributed by atoms with Crippen molar-refractivity contribution in [3.05, 3.63) is 48.6 Å². The third-order valence-electron chi connectivity index (χ3n) is 6.72. The van der Waals surface area contributed by atoms with Gasteiger partial charge in [0.25, 0.3) is 0 Å². The van der Waals surface area contributed by atoms with Crippen LogP contribution in [0.1, 0.15) is 130 Å². The molecule has 0 heterocycles. The average molecular weight is 629 g/mol. The van der Waals surface area contributed by atoms with Crippen LogP contribution in [-0.4, -0.2) is 98.7 Å². The van der Waals surface area contributed by atoms with E-state index in [1.165, 1.54) is 51.4 Å². The zero-order chi connectivity index (χ0) is 31.5. The van der Waals surface area contributed by atoms with Gasteiger partial charge in [0.2, 0.25) is 0 Å². The van der Waals surface area contributed by atoms with E-state index < -0.39 is 11.9 Å². The van der Waals surface area contributed by atoms with Gasteiger partial charge in [0.1, 0.15) is 0 Å². The van der Waals surface area contributed by atoms with E-state index in [1.807, 2.05) is 9.80 Å². The Bertz CT molecular complexity index is 618. The molecule has 0 spiro atoms. The number of carbonyl (C=O) groups is 2. The van der Waals surface area contributed by atoms with Crippen molar-refractivity contribution in [1.29, 1.82) is 0 Å². The minimum atomic E-state index is -0.986. The molecule has 0 aliphatic heterocycles. The molecule has 43 heavy (non-hydrogen) atoms. The summed E-state index contributed by atoms with van der Waals surface area (Å²) in [5.41, 5.74) is 0. The van der Waals surface area contributed by atoms with Crippen molar-refractivity contribution in [2.24, 2.45) is 0 Å². The van der Waals surface area contributed by atoms with E-state index in [4.69, 9.17) is 0 Å². The van der Waals surface area contributed by atoms with Crippen LogP contribution < -0.4 is 10.2 Å². The monoisotopic (exact) mass is 628 g/mol. The molecule has 0 atom stereocenters. The zero-order valence-electron chi connectivity index (χ0n) is 28.4. The smallest absolute Gasteiger partial charge is 0.549 e. The van der Waals surface area contributed by atoms with E-state index in [0.29, 0.717) is 0 Å². The van der Waals surface area contributed by atoms with Gasteiger partial charge < -0.3 is 19.8 Å². The number of rotatable bonds is 28. The fourth-order valence-corrected chi connectivity index (χ4v) is 4.16. The topological polar surface area (TPSA) is 86.7 Å². The number of nitrogens with zero attached hydrogens (tertiary/aromatic N) is 2. The van der Waals surface area contributed by atoms with Gasteiger partial charge in [-0.3, -0.25) is 9.80 Å². The predicted molar refractivity (Wildman–Crippen MR) is 182 cm³/mol. The molecule has 0 saturated heterocycles. The summed E-state index contributed by atoms with van der Waals surface area (Å²) in [5, 5.41) is 21.5. The van der Waals surface area contributed by atoms with Crippen molar-refractivity contribution in [1.82, 2.24) is 9.80 Å². The summed E-state index contributed by atoms with van der Waals surface area (Å²) >= 11 is 0. The molecule has 0 aromatic carbocycles. The van der Waals surface area contributed by atoms with E-state index in [0.717, 1.165) is 77.5 Å². The second kappa shape index (κ2) is 39.1. The normalized spacial score (nSPS) is 11.7. The first kappa shape index (κ1) is 46.5. The first-order valence-corrected chi connectivity index (χ1v) is 16.8. The Morgan fingerprint density at radius 3 is 0.837 bits per heavy atom. The zero-order valence-corrected chi connectivity index (χ0v) is 30.6. The Morgan fingerprint density at radius 2 is 0.651 bits per heavy atom. The molecule has 0 saturated carbocycles. The molecule has 0 N–H and O–H groups in total. The minimum Gasteiger partial charge on any atom is -0.549 e. The van der Waals surface area contributed by atoms with Crippen molar-refractivity contribution >= 4 is 49.7 Å². The van der Waals surface area contributed by atoms with E-state index in [9.17, 15) is 19.8 Å². The molecule has 7 heteroatoms. The van der Waals surface area contributed by atoms with Crippen molar-refractivity contribution < 1.29 is 19.8 Å². The summed E-state index contributed by atoms with van der Waals surface area (Å²) in [6.45, 7) is 12.0. The van der Waals surface area contributed by atoms with Crippen LogP contribution in [0, 0.1) is 0 Å². The maximum atomic E-state index is 10.8. The number of allylic oxidation sites excluding steroid dienone is 4. The van der Waals surface area contributed by atoms with E-state index in [1.54, 1.807) is 0 Å². The van der Waals surface area contributed by atoms with Gasteiger partial charge in [-0.1, -0.05) is 128 Å². The second-order valence-corrected chi connectivity index (χ2v) is 10.9. The summed E-state index contributed by atoms with van der Waals surface area (Å²) in [6.07, 6.45) is 35.3. The summed E-state index contributed by atoms with van der Waals surface area (Å²) in [5.74, 6) is -1.97. The van der Waals surface area contributed by atoms with Gasteiger partial charge >= 0.3 is 37.7 Å². The van der Waals surface area contributed by atoms with E-state index in [-0.39, 0.29) is 50.8 Å². The molecule has 244 valence electrons. The number of unbranched alkanes of at least 4 members (excludes halogenated alkanes) is 8. The summed E-state index contributed by atoms with van der Waals surface area (Å²) in [7, 11) is 0. The minimum absolute atomic E-state index is 0. The Morgan fingerprint density at radius 1 is 0.442 bits per heavy atom. The van der Waals surface area contributed by atoms with Gasteiger partial charge in [-0.2, -0.15) is 0 Å². The van der Waals surface area contributed by atoms with Crippen LogP contribution in [0.15, 0.2) is 48.6 Å². The van der Waals surface area contributed by atoms with Crippen LogP contribution in [0.2, 0.25) is 0 Å². The van der Waals surface area contributed by atoms with Crippen LogP contribution in [0.4, 0.5) is 0 Å². The van der Waals surface area contributed by atoms with E-state index >= 15 is 0 Å². The first-order chi connectivity index (χ1) is 20.4. The number of aliphatic carboxylic acids is 2. The van der Waals surface area contributed by atoms with Gasteiger partial charge in [0.15, 0.2) is 0 Å². The number of carboxylic acids is 2. The second-order valence-electron chi connectivity index (χ2n) is 10.9. The maximum absolute atomic E-state index is 10.8. The molecule has 0 amide bonds. The average Bonchev–Trinajstić information content (AvgIpc) is 2.95. The van der Waals surface area contributed by atoms with Crippen molar-refractivity contribution in [2.45, 2.75) is 130 Å². The molecule has 0 aromatic heterocycles. The predicted octanol–water partition coefficient (Wildman–Crippen LogP) is 6.24. The molecular formula is C36H64CaN2O4. The Labute approximate surface area is 295 Å². The maximum Gasteiger partial charge on any atom is 2.00 e. The third kappa shape index (κ3) is 41.1. The van der Waals surface area contributed by atoms with Crippen LogP contribution >= 0.6 is 0 Å². The van der Waals surface area contributed by atoms with Gasteiger partial charge in [0, 0.05) is 39.3 Å². The van der Waals surface area contributed by atoms with Crippen LogP contribution in [-0.2, 0) is 9.59 Å². The summed E-state index contributed by atoms with van der Waals surface area (Å²) < 4.78 is 0. The SMILES string of the molecule is CCCC/C=C/CCN(CC/C=C/CCCC)CC(=O)[O-].CCCC/C=C/CCN(CC/C=C/CCCC)CC(=O)[O-].[Ca+2]. The molecule has 6 nitrogen and oxygen atoms in total. The molecular weight excluding hydrogens is 564 g/mol. The largest absolute Gasteiger partial charge is 2.00 e. The number of carbonyl (C=O) groups excluding carboxylic acids is 2. The summed E-state index contributed by atoms with van der Waals surface area (Å²) in [4.78, 5) is 25.5. The number of hydrogen-bond acceptors (Lipinski definition) is 6. The van der Waals surface area contributed by atoms with Gasteiger partial charge in [0.05, 0.1) is 11.9 Å². The first-order valence-electron chi connectivity index (χ1n) is 16.8. The molecule has 0 fully saturated rings. The molecule has 0 aliphatic carbocycles. The van der Waals surface area contributed by atoms with Crippen molar-refractivity contribution in [2.75, 3.05) is 39.3 Å². The molecule has 0 bridgehead atoms. The molecule has 0 unspecified atom stereocenters. The van der Waals surface area contributed by atoms with Crippen LogP contribution in [0.3, 0.4) is 0 Å². The number of hydrogen-bond donors (Lipinski definition) is 0. The van der Waals surface area contributed by atoms with Gasteiger partial charge in [-0.25, -0.2) is 0 Å². The van der Waals surface area contributed by atoms with Crippen molar-refractivity contribution in [3.8, 4) is 0 Å². The Kier molecular flexibility index (Phi) is 42.3. The molecule has 0 rings (SSSR count). The Balaban J connectivity index is -0.000000727. The van der Waals surface area contributed by atoms with Gasteiger partial charge in [-0.15, -0.1) is 0 Å². The molecule has 0 aliphatic rings. The van der Waals surface area contributed by atoms with Gasteiger partial charge in [-0.05, 0) is 51.4 Å². The van der Waals surface area contributed by atoms with Crippen molar-refractivity contribution in [3.63, 3.8) is 0 Å². The number of carboxylic acid groups (broad SMARTS) is 2. The third-order valence-corrected chi connectivity index (χ3v) is 6.72. The van der Waals surface area contributed by atoms with E-state index in [2.05, 4.69) is 76.3 Å². The van der Waals surface area contributed by atoms with Crippen LogP contribution in [0.5, 0.6) is 0 Å².